The average Bonchev–Trinajstić information content (AvgIpc) is 2.55. The molecule has 0 atom stereocenters. The number of primary amides is 1. The zero-order valence-electron chi connectivity index (χ0n) is 11.4. The minimum Gasteiger partial charge on any atom is -0.364 e. The Hall–Kier alpha value is -2.94. The second-order valence-electron chi connectivity index (χ2n) is 4.68. The number of aromatic nitrogens is 1. The smallest absolute Gasteiger partial charge is 0.267 e. The van der Waals surface area contributed by atoms with Crippen molar-refractivity contribution in [3.63, 3.8) is 0 Å². The number of pyridine rings is 1. The Morgan fingerprint density at radius 2 is 1.38 bits per heavy atom. The molecule has 0 aliphatic carbocycles. The van der Waals surface area contributed by atoms with Gasteiger partial charge in [-0.05, 0) is 22.8 Å². The van der Waals surface area contributed by atoms with Gasteiger partial charge < -0.3 is 5.73 Å². The van der Waals surface area contributed by atoms with Crippen molar-refractivity contribution in [1.82, 2.24) is 4.98 Å². The first-order valence-electron chi connectivity index (χ1n) is 6.67. The monoisotopic (exact) mass is 274 g/mol. The quantitative estimate of drug-likeness (QED) is 0.794. The second-order valence-corrected chi connectivity index (χ2v) is 4.68. The number of hydrogen-bond acceptors (Lipinski definition) is 2. The van der Waals surface area contributed by atoms with Crippen LogP contribution in [0.2, 0.25) is 0 Å². The molecular formula is C18H14N2O. The van der Waals surface area contributed by atoms with Crippen LogP contribution in [-0.2, 0) is 0 Å². The van der Waals surface area contributed by atoms with E-state index in [1.807, 2.05) is 66.7 Å². The fraction of sp³-hybridized carbons (Fsp3) is 0. The molecule has 0 bridgehead atoms. The molecule has 0 spiro atoms. The third-order valence-electron chi connectivity index (χ3n) is 3.33. The number of nitrogens with two attached hydrogens (primary N) is 1. The predicted molar refractivity (Wildman–Crippen MR) is 83.6 cm³/mol. The number of amides is 1. The van der Waals surface area contributed by atoms with Crippen LogP contribution >= 0.6 is 0 Å². The summed E-state index contributed by atoms with van der Waals surface area (Å²) in [6, 6.07) is 21.5. The van der Waals surface area contributed by atoms with Gasteiger partial charge in [0, 0.05) is 11.8 Å². The Labute approximate surface area is 123 Å². The van der Waals surface area contributed by atoms with E-state index in [0.717, 1.165) is 22.3 Å². The Morgan fingerprint density at radius 1 is 0.810 bits per heavy atom. The normalized spacial score (nSPS) is 10.3. The summed E-state index contributed by atoms with van der Waals surface area (Å²) < 4.78 is 0. The summed E-state index contributed by atoms with van der Waals surface area (Å²) in [6.07, 6.45) is 1.62. The number of rotatable bonds is 3. The van der Waals surface area contributed by atoms with Crippen molar-refractivity contribution < 1.29 is 4.79 Å². The summed E-state index contributed by atoms with van der Waals surface area (Å²) in [7, 11) is 0. The zero-order valence-corrected chi connectivity index (χ0v) is 11.4. The van der Waals surface area contributed by atoms with Crippen LogP contribution in [0.5, 0.6) is 0 Å². The molecule has 102 valence electrons. The lowest BCUT2D eigenvalue weighted by atomic mass is 9.93. The average molecular weight is 274 g/mol. The molecule has 1 heterocycles. The van der Waals surface area contributed by atoms with Crippen molar-refractivity contribution in [3.8, 4) is 22.3 Å². The van der Waals surface area contributed by atoms with Gasteiger partial charge in [-0.25, -0.2) is 0 Å². The molecular weight excluding hydrogens is 260 g/mol. The van der Waals surface area contributed by atoms with Gasteiger partial charge in [-0.3, -0.25) is 9.78 Å². The third kappa shape index (κ3) is 2.54. The molecule has 1 aromatic heterocycles. The summed E-state index contributed by atoms with van der Waals surface area (Å²) in [4.78, 5) is 15.9. The number of benzene rings is 2. The van der Waals surface area contributed by atoms with E-state index < -0.39 is 5.91 Å². The molecule has 3 aromatic rings. The molecule has 2 aromatic carbocycles. The van der Waals surface area contributed by atoms with E-state index in [-0.39, 0.29) is 0 Å². The van der Waals surface area contributed by atoms with Gasteiger partial charge in [0.25, 0.3) is 5.91 Å². The molecule has 3 heteroatoms. The van der Waals surface area contributed by atoms with Gasteiger partial charge in [0.15, 0.2) is 0 Å². The topological polar surface area (TPSA) is 56.0 Å². The van der Waals surface area contributed by atoms with Gasteiger partial charge in [-0.15, -0.1) is 0 Å². The fourth-order valence-electron chi connectivity index (χ4n) is 2.40. The van der Waals surface area contributed by atoms with Crippen LogP contribution in [0, 0.1) is 0 Å². The van der Waals surface area contributed by atoms with E-state index in [4.69, 9.17) is 5.73 Å². The van der Waals surface area contributed by atoms with Gasteiger partial charge in [-0.2, -0.15) is 0 Å². The molecule has 1 amide bonds. The maximum absolute atomic E-state index is 11.7. The van der Waals surface area contributed by atoms with Gasteiger partial charge in [0.1, 0.15) is 5.69 Å². The van der Waals surface area contributed by atoms with Gasteiger partial charge in [-0.1, -0.05) is 60.7 Å². The van der Waals surface area contributed by atoms with E-state index in [2.05, 4.69) is 4.98 Å². The molecule has 0 radical (unpaired) electrons. The van der Waals surface area contributed by atoms with Crippen molar-refractivity contribution in [2.24, 2.45) is 5.73 Å². The molecule has 3 nitrogen and oxygen atoms in total. The fourth-order valence-corrected chi connectivity index (χ4v) is 2.40. The number of carbonyl (C=O) groups excluding carboxylic acids is 1. The highest BCUT2D eigenvalue weighted by atomic mass is 16.1. The summed E-state index contributed by atoms with van der Waals surface area (Å²) in [5.74, 6) is -0.522. The second kappa shape index (κ2) is 5.59. The van der Waals surface area contributed by atoms with Crippen molar-refractivity contribution in [3.05, 3.63) is 78.6 Å². The zero-order chi connectivity index (χ0) is 14.7. The minimum absolute atomic E-state index is 0.294. The molecule has 0 aliphatic rings. The number of carbonyl (C=O) groups is 1. The summed E-state index contributed by atoms with van der Waals surface area (Å²) >= 11 is 0. The van der Waals surface area contributed by atoms with E-state index in [1.54, 1.807) is 6.20 Å². The summed E-state index contributed by atoms with van der Waals surface area (Å²) in [5, 5.41) is 0. The van der Waals surface area contributed by atoms with Gasteiger partial charge in [0.05, 0.1) is 0 Å². The van der Waals surface area contributed by atoms with Crippen LogP contribution in [-0.4, -0.2) is 10.9 Å². The van der Waals surface area contributed by atoms with Gasteiger partial charge in [0.2, 0.25) is 0 Å². The molecule has 0 unspecified atom stereocenters. The van der Waals surface area contributed by atoms with Crippen molar-refractivity contribution in [2.75, 3.05) is 0 Å². The van der Waals surface area contributed by atoms with E-state index in [1.165, 1.54) is 0 Å². The van der Waals surface area contributed by atoms with Crippen LogP contribution in [0.25, 0.3) is 22.3 Å². The Balaban J connectivity index is 2.31. The third-order valence-corrected chi connectivity index (χ3v) is 3.33. The number of hydrogen-bond donors (Lipinski definition) is 1. The van der Waals surface area contributed by atoms with Crippen molar-refractivity contribution in [1.29, 1.82) is 0 Å². The first-order valence-corrected chi connectivity index (χ1v) is 6.67. The molecule has 2 N–H and O–H groups in total. The molecule has 0 aliphatic heterocycles. The summed E-state index contributed by atoms with van der Waals surface area (Å²) in [5.41, 5.74) is 9.47. The Kier molecular flexibility index (Phi) is 3.48. The molecule has 3 rings (SSSR count). The van der Waals surface area contributed by atoms with Crippen molar-refractivity contribution >= 4 is 5.91 Å². The van der Waals surface area contributed by atoms with Crippen LogP contribution in [0.1, 0.15) is 10.5 Å². The highest BCUT2D eigenvalue weighted by Gasteiger charge is 2.16. The Morgan fingerprint density at radius 3 is 1.95 bits per heavy atom. The van der Waals surface area contributed by atoms with Crippen LogP contribution in [0.15, 0.2) is 72.9 Å². The van der Waals surface area contributed by atoms with Crippen LogP contribution in [0.3, 0.4) is 0 Å². The number of nitrogens with zero attached hydrogens (tertiary/aromatic N) is 1. The van der Waals surface area contributed by atoms with E-state index in [0.29, 0.717) is 5.69 Å². The predicted octanol–water partition coefficient (Wildman–Crippen LogP) is 3.51. The first-order chi connectivity index (χ1) is 10.3. The van der Waals surface area contributed by atoms with Gasteiger partial charge >= 0.3 is 0 Å². The highest BCUT2D eigenvalue weighted by Crippen LogP contribution is 2.33. The van der Waals surface area contributed by atoms with Crippen molar-refractivity contribution in [2.45, 2.75) is 0 Å². The standard InChI is InChI=1S/C18H14N2O/c19-18(21)17-16(14-9-5-2-6-10-14)15(11-12-20-17)13-7-3-1-4-8-13/h1-12H,(H2,19,21). The van der Waals surface area contributed by atoms with Crippen LogP contribution < -0.4 is 5.73 Å². The van der Waals surface area contributed by atoms with E-state index in [9.17, 15) is 4.79 Å². The lowest BCUT2D eigenvalue weighted by Crippen LogP contribution is -2.15. The maximum Gasteiger partial charge on any atom is 0.267 e. The molecule has 0 saturated carbocycles. The van der Waals surface area contributed by atoms with Crippen LogP contribution in [0.4, 0.5) is 0 Å². The Bertz CT molecular complexity index is 768. The molecule has 21 heavy (non-hydrogen) atoms. The first kappa shape index (κ1) is 13.1. The highest BCUT2D eigenvalue weighted by molar-refractivity contribution is 6.02. The SMILES string of the molecule is NC(=O)c1nccc(-c2ccccc2)c1-c1ccccc1. The lowest BCUT2D eigenvalue weighted by Gasteiger charge is -2.13. The minimum atomic E-state index is -0.522. The largest absolute Gasteiger partial charge is 0.364 e. The van der Waals surface area contributed by atoms with E-state index >= 15 is 0 Å². The molecule has 0 fully saturated rings. The summed E-state index contributed by atoms with van der Waals surface area (Å²) in [6.45, 7) is 0. The molecule has 0 saturated heterocycles. The lowest BCUT2D eigenvalue weighted by molar-refractivity contribution is 0.0996. The maximum atomic E-state index is 11.7.